The fourth-order valence-electron chi connectivity index (χ4n) is 7.62. The molecule has 218 valence electrons. The third kappa shape index (κ3) is 5.53. The molecule has 0 aromatic heterocycles. The Labute approximate surface area is 261 Å². The lowest BCUT2D eigenvalue weighted by Gasteiger charge is -2.32. The first kappa shape index (κ1) is 29.6. The lowest BCUT2D eigenvalue weighted by atomic mass is 9.95. The second-order valence-electron chi connectivity index (χ2n) is 13.2. The molecule has 0 unspecified atom stereocenters. The van der Waals surface area contributed by atoms with E-state index in [-0.39, 0.29) is 0 Å². The second kappa shape index (κ2) is 12.3. The molecule has 0 saturated heterocycles. The molecule has 0 fully saturated rings. The zero-order valence-electron chi connectivity index (χ0n) is 27.0. The van der Waals surface area contributed by atoms with E-state index in [1.54, 1.807) is 10.4 Å². The SMILES string of the molecule is CCCCc1ccc(-c2cccc3c2C([Si](C)(C)C2=C(C)[CH]c4cccc(-c5ccc(CCCC)cc5)c42)=C(C)[CH]3)cc1. The largest absolute Gasteiger partial charge is 0.113 e. The highest BCUT2D eigenvalue weighted by Gasteiger charge is 2.42. The first-order valence-corrected chi connectivity index (χ1v) is 19.4. The molecule has 4 aromatic carbocycles. The molecule has 0 amide bonds. The minimum atomic E-state index is -2.15. The van der Waals surface area contributed by atoms with Crippen molar-refractivity contribution >= 4 is 18.5 Å². The predicted molar refractivity (Wildman–Crippen MR) is 190 cm³/mol. The lowest BCUT2D eigenvalue weighted by molar-refractivity contribution is 0.795. The minimum absolute atomic E-state index is 1.16. The molecule has 1 heteroatoms. The fourth-order valence-corrected chi connectivity index (χ4v) is 11.8. The van der Waals surface area contributed by atoms with Gasteiger partial charge in [-0.1, -0.05) is 136 Å². The van der Waals surface area contributed by atoms with E-state index in [2.05, 4.69) is 139 Å². The smallest absolute Gasteiger partial charge is 0.0654 e. The normalized spacial score (nSPS) is 14.5. The molecule has 0 atom stereocenters. The van der Waals surface area contributed by atoms with Crippen LogP contribution in [0.2, 0.25) is 13.1 Å². The van der Waals surface area contributed by atoms with Crippen molar-refractivity contribution in [2.24, 2.45) is 0 Å². The maximum absolute atomic E-state index is 2.59. The van der Waals surface area contributed by atoms with Crippen LogP contribution >= 0.6 is 0 Å². The first-order valence-electron chi connectivity index (χ1n) is 16.4. The van der Waals surface area contributed by atoms with E-state index >= 15 is 0 Å². The Morgan fingerprint density at radius 1 is 0.512 bits per heavy atom. The van der Waals surface area contributed by atoms with Gasteiger partial charge in [0.05, 0.1) is 0 Å². The van der Waals surface area contributed by atoms with Gasteiger partial charge >= 0.3 is 0 Å². The van der Waals surface area contributed by atoms with Crippen LogP contribution in [0.3, 0.4) is 0 Å². The summed E-state index contributed by atoms with van der Waals surface area (Å²) in [6, 6.07) is 32.6. The molecule has 0 saturated carbocycles. The third-order valence-electron chi connectivity index (χ3n) is 9.64. The Morgan fingerprint density at radius 3 is 1.28 bits per heavy atom. The van der Waals surface area contributed by atoms with E-state index < -0.39 is 8.07 Å². The highest BCUT2D eigenvalue weighted by molar-refractivity contribution is 7.09. The zero-order valence-corrected chi connectivity index (χ0v) is 28.0. The molecule has 0 nitrogen and oxygen atoms in total. The van der Waals surface area contributed by atoms with Gasteiger partial charge in [-0.15, -0.1) is 0 Å². The number of hydrogen-bond donors (Lipinski definition) is 0. The molecule has 0 spiro atoms. The summed E-state index contributed by atoms with van der Waals surface area (Å²) in [5.41, 5.74) is 16.8. The first-order chi connectivity index (χ1) is 20.8. The van der Waals surface area contributed by atoms with Crippen LogP contribution in [0, 0.1) is 12.8 Å². The van der Waals surface area contributed by atoms with Gasteiger partial charge in [0.15, 0.2) is 0 Å². The van der Waals surface area contributed by atoms with Gasteiger partial charge in [-0.25, -0.2) is 0 Å². The topological polar surface area (TPSA) is 0 Å². The number of allylic oxidation sites excluding steroid dienone is 2. The standard InChI is InChI=1S/C42H46Si/c1-7-9-13-31-19-23-33(24-20-31)37-17-11-15-35-27-29(3)41(39(35)37)43(5,6)42-30(4)28-36-16-12-18-38(40(36)42)34-25-21-32(22-26-34)14-10-8-2/h11-12,15-28H,7-10,13-14H2,1-6H3. The second-order valence-corrected chi connectivity index (χ2v) is 17.4. The number of benzene rings is 4. The molecule has 0 bridgehead atoms. The average Bonchev–Trinajstić information content (AvgIpc) is 3.55. The highest BCUT2D eigenvalue weighted by Crippen LogP contribution is 2.53. The van der Waals surface area contributed by atoms with Gasteiger partial charge in [-0.2, -0.15) is 0 Å². The Kier molecular flexibility index (Phi) is 8.47. The molecular formula is C42H46Si. The van der Waals surface area contributed by atoms with Crippen molar-refractivity contribution in [1.29, 1.82) is 0 Å². The number of aryl methyl sites for hydroxylation is 2. The Hall–Kier alpha value is -3.42. The van der Waals surface area contributed by atoms with Crippen molar-refractivity contribution < 1.29 is 0 Å². The molecule has 43 heavy (non-hydrogen) atoms. The van der Waals surface area contributed by atoms with Gasteiger partial charge in [-0.3, -0.25) is 0 Å². The van der Waals surface area contributed by atoms with Gasteiger partial charge in [0.2, 0.25) is 0 Å². The van der Waals surface area contributed by atoms with Gasteiger partial charge in [0.25, 0.3) is 0 Å². The highest BCUT2D eigenvalue weighted by atomic mass is 28.3. The number of rotatable bonds is 10. The molecule has 2 aliphatic rings. The van der Waals surface area contributed by atoms with Crippen molar-refractivity contribution in [3.63, 3.8) is 0 Å². The van der Waals surface area contributed by atoms with Crippen LogP contribution in [-0.2, 0) is 12.8 Å². The maximum Gasteiger partial charge on any atom is 0.113 e. The van der Waals surface area contributed by atoms with Crippen LogP contribution in [0.1, 0.15) is 86.8 Å². The van der Waals surface area contributed by atoms with Gasteiger partial charge in [-0.05, 0) is 106 Å². The summed E-state index contributed by atoms with van der Waals surface area (Å²) in [5.74, 6) is 0. The summed E-state index contributed by atoms with van der Waals surface area (Å²) in [5, 5.41) is 3.18. The Morgan fingerprint density at radius 2 is 0.907 bits per heavy atom. The minimum Gasteiger partial charge on any atom is -0.0654 e. The molecular weight excluding hydrogens is 533 g/mol. The molecule has 0 aliphatic heterocycles. The molecule has 4 aromatic rings. The number of fused-ring (bicyclic) bond motifs is 2. The van der Waals surface area contributed by atoms with Crippen LogP contribution in [0.15, 0.2) is 96.1 Å². The van der Waals surface area contributed by atoms with Crippen molar-refractivity contribution in [3.05, 3.63) is 142 Å². The summed E-state index contributed by atoms with van der Waals surface area (Å²) >= 11 is 0. The van der Waals surface area contributed by atoms with E-state index in [9.17, 15) is 0 Å². The van der Waals surface area contributed by atoms with Crippen molar-refractivity contribution in [1.82, 2.24) is 0 Å². The van der Waals surface area contributed by atoms with E-state index in [0.29, 0.717) is 0 Å². The monoisotopic (exact) mass is 578 g/mol. The molecule has 0 N–H and O–H groups in total. The molecule has 0 heterocycles. The van der Waals surface area contributed by atoms with Crippen LogP contribution < -0.4 is 0 Å². The quantitative estimate of drug-likeness (QED) is 0.164. The molecule has 2 radical (unpaired) electrons. The van der Waals surface area contributed by atoms with Gasteiger partial charge < -0.3 is 0 Å². The van der Waals surface area contributed by atoms with Crippen LogP contribution in [-0.4, -0.2) is 8.07 Å². The summed E-state index contributed by atoms with van der Waals surface area (Å²) in [4.78, 5) is 0. The van der Waals surface area contributed by atoms with Crippen LogP contribution in [0.4, 0.5) is 0 Å². The summed E-state index contributed by atoms with van der Waals surface area (Å²) in [7, 11) is -2.15. The summed E-state index contributed by atoms with van der Waals surface area (Å²) in [6.45, 7) is 14.4. The number of unbranched alkanes of at least 4 members (excludes halogenated alkanes) is 2. The van der Waals surface area contributed by atoms with E-state index in [1.807, 2.05) is 0 Å². The maximum atomic E-state index is 2.59. The Balaban J connectivity index is 1.43. The summed E-state index contributed by atoms with van der Waals surface area (Å²) in [6.07, 6.45) is 12.2. The zero-order chi connectivity index (χ0) is 30.1. The van der Waals surface area contributed by atoms with Crippen LogP contribution in [0.25, 0.3) is 32.6 Å². The van der Waals surface area contributed by atoms with Crippen molar-refractivity contribution in [2.75, 3.05) is 0 Å². The predicted octanol–water partition coefficient (Wildman–Crippen LogP) is 11.9. The molecule has 6 rings (SSSR count). The van der Waals surface area contributed by atoms with E-state index in [0.717, 1.165) is 12.8 Å². The lowest BCUT2D eigenvalue weighted by Crippen LogP contribution is -2.31. The van der Waals surface area contributed by atoms with E-state index in [1.165, 1.54) is 92.5 Å². The van der Waals surface area contributed by atoms with E-state index in [4.69, 9.17) is 0 Å². The number of hydrogen-bond acceptors (Lipinski definition) is 0. The van der Waals surface area contributed by atoms with Gasteiger partial charge in [0, 0.05) is 12.8 Å². The fraction of sp³-hybridized carbons (Fsp3) is 0.286. The van der Waals surface area contributed by atoms with Crippen LogP contribution in [0.5, 0.6) is 0 Å². The average molecular weight is 579 g/mol. The van der Waals surface area contributed by atoms with Crippen molar-refractivity contribution in [3.8, 4) is 22.3 Å². The van der Waals surface area contributed by atoms with Crippen molar-refractivity contribution in [2.45, 2.75) is 79.3 Å². The molecule has 2 aliphatic carbocycles. The summed E-state index contributed by atoms with van der Waals surface area (Å²) < 4.78 is 0. The third-order valence-corrected chi connectivity index (χ3v) is 13.4. The van der Waals surface area contributed by atoms with Gasteiger partial charge in [0.1, 0.15) is 8.07 Å². The Bertz CT molecular complexity index is 1570.